The molecular weight excluding hydrogens is 232 g/mol. The number of hydrogen-bond donors (Lipinski definition) is 0. The highest BCUT2D eigenvalue weighted by Gasteiger charge is 2.18. The first-order chi connectivity index (χ1) is 8.37. The molecule has 0 aliphatic carbocycles. The Hall–Kier alpha value is -1.42. The second-order valence-corrected chi connectivity index (χ2v) is 5.27. The zero-order valence-electron chi connectivity index (χ0n) is 11.8. The van der Waals surface area contributed by atoms with Gasteiger partial charge in [-0.1, -0.05) is 18.0 Å². The highest BCUT2D eigenvalue weighted by atomic mass is 16.6. The summed E-state index contributed by atoms with van der Waals surface area (Å²) in [6, 6.07) is 0. The summed E-state index contributed by atoms with van der Waals surface area (Å²) in [6.45, 7) is 6.81. The number of hydrogen-bond acceptors (Lipinski definition) is 3. The Balaban J connectivity index is 3.61. The smallest absolute Gasteiger partial charge is 0.410 e. The summed E-state index contributed by atoms with van der Waals surface area (Å²) in [5.41, 5.74) is 7.65. The van der Waals surface area contributed by atoms with Crippen molar-refractivity contribution in [3.8, 4) is 0 Å². The van der Waals surface area contributed by atoms with E-state index >= 15 is 0 Å². The number of ether oxygens (including phenoxy) is 1. The van der Waals surface area contributed by atoms with Crippen LogP contribution in [0.3, 0.4) is 0 Å². The standard InChI is InChI=1S/C12H24N4O2/c1-12(2,3)18-11(17)16(4)10-8-6-5-7-9-14-15-13/h5-10H2,1-4H3. The number of azide groups is 1. The fourth-order valence-electron chi connectivity index (χ4n) is 1.36. The van der Waals surface area contributed by atoms with Crippen molar-refractivity contribution in [2.24, 2.45) is 5.11 Å². The first kappa shape index (κ1) is 16.6. The molecule has 1 amide bonds. The van der Waals surface area contributed by atoms with Crippen LogP contribution in [-0.2, 0) is 4.74 Å². The number of carbonyl (C=O) groups is 1. The molecule has 0 bridgehead atoms. The van der Waals surface area contributed by atoms with Gasteiger partial charge in [0.25, 0.3) is 0 Å². The van der Waals surface area contributed by atoms with Gasteiger partial charge in [0.2, 0.25) is 0 Å². The molecule has 0 aromatic carbocycles. The molecule has 0 aliphatic rings. The number of unbranched alkanes of at least 4 members (excludes halogenated alkanes) is 3. The zero-order chi connectivity index (χ0) is 14.0. The molecule has 0 spiro atoms. The van der Waals surface area contributed by atoms with E-state index in [4.69, 9.17) is 10.3 Å². The van der Waals surface area contributed by atoms with Crippen LogP contribution in [0, 0.1) is 0 Å². The second-order valence-electron chi connectivity index (χ2n) is 5.27. The Morgan fingerprint density at radius 1 is 1.28 bits per heavy atom. The third kappa shape index (κ3) is 9.78. The van der Waals surface area contributed by atoms with Gasteiger partial charge in [0.05, 0.1) is 0 Å². The van der Waals surface area contributed by atoms with Crippen LogP contribution in [0.5, 0.6) is 0 Å². The topological polar surface area (TPSA) is 78.3 Å². The summed E-state index contributed by atoms with van der Waals surface area (Å²) in [4.78, 5) is 15.9. The van der Waals surface area contributed by atoms with Crippen molar-refractivity contribution in [3.05, 3.63) is 10.4 Å². The van der Waals surface area contributed by atoms with E-state index in [2.05, 4.69) is 10.0 Å². The Bertz CT molecular complexity index is 293. The lowest BCUT2D eigenvalue weighted by molar-refractivity contribution is 0.0296. The molecule has 0 radical (unpaired) electrons. The van der Waals surface area contributed by atoms with Gasteiger partial charge in [-0.15, -0.1) is 0 Å². The molecule has 0 saturated heterocycles. The molecule has 0 atom stereocenters. The largest absolute Gasteiger partial charge is 0.444 e. The summed E-state index contributed by atoms with van der Waals surface area (Å²) >= 11 is 0. The molecule has 0 aromatic heterocycles. The van der Waals surface area contributed by atoms with E-state index in [1.807, 2.05) is 20.8 Å². The summed E-state index contributed by atoms with van der Waals surface area (Å²) in [6.07, 6.45) is 3.60. The van der Waals surface area contributed by atoms with Crippen LogP contribution in [0.1, 0.15) is 46.5 Å². The molecule has 0 heterocycles. The molecular formula is C12H24N4O2. The van der Waals surface area contributed by atoms with Crippen LogP contribution in [0.15, 0.2) is 5.11 Å². The van der Waals surface area contributed by atoms with Crippen molar-refractivity contribution >= 4 is 6.09 Å². The lowest BCUT2D eigenvalue weighted by atomic mass is 10.2. The first-order valence-electron chi connectivity index (χ1n) is 6.32. The molecule has 6 nitrogen and oxygen atoms in total. The number of amides is 1. The van der Waals surface area contributed by atoms with Gasteiger partial charge in [-0.3, -0.25) is 0 Å². The van der Waals surface area contributed by atoms with Gasteiger partial charge in [0.1, 0.15) is 5.60 Å². The van der Waals surface area contributed by atoms with Crippen molar-refractivity contribution in [2.75, 3.05) is 20.1 Å². The van der Waals surface area contributed by atoms with Crippen molar-refractivity contribution in [1.82, 2.24) is 4.90 Å². The highest BCUT2D eigenvalue weighted by Crippen LogP contribution is 2.10. The van der Waals surface area contributed by atoms with Crippen molar-refractivity contribution in [3.63, 3.8) is 0 Å². The fourth-order valence-corrected chi connectivity index (χ4v) is 1.36. The second kappa shape index (κ2) is 8.64. The Morgan fingerprint density at radius 2 is 1.89 bits per heavy atom. The highest BCUT2D eigenvalue weighted by molar-refractivity contribution is 5.67. The van der Waals surface area contributed by atoms with Gasteiger partial charge in [0.15, 0.2) is 0 Å². The minimum Gasteiger partial charge on any atom is -0.444 e. The minimum atomic E-state index is -0.444. The summed E-state index contributed by atoms with van der Waals surface area (Å²) in [7, 11) is 1.74. The van der Waals surface area contributed by atoms with Crippen molar-refractivity contribution < 1.29 is 9.53 Å². The predicted molar refractivity (Wildman–Crippen MR) is 71.3 cm³/mol. The fraction of sp³-hybridized carbons (Fsp3) is 0.917. The molecule has 18 heavy (non-hydrogen) atoms. The maximum absolute atomic E-state index is 11.6. The maximum atomic E-state index is 11.6. The van der Waals surface area contributed by atoms with E-state index in [0.29, 0.717) is 13.1 Å². The van der Waals surface area contributed by atoms with E-state index < -0.39 is 5.60 Å². The maximum Gasteiger partial charge on any atom is 0.410 e. The van der Waals surface area contributed by atoms with Gasteiger partial charge in [-0.25, -0.2) is 4.79 Å². The number of rotatable bonds is 7. The predicted octanol–water partition coefficient (Wildman–Crippen LogP) is 3.72. The van der Waals surface area contributed by atoms with E-state index in [9.17, 15) is 4.79 Å². The molecule has 0 N–H and O–H groups in total. The van der Waals surface area contributed by atoms with Crippen LogP contribution >= 0.6 is 0 Å². The third-order valence-electron chi connectivity index (χ3n) is 2.27. The van der Waals surface area contributed by atoms with Gasteiger partial charge in [-0.05, 0) is 39.1 Å². The average Bonchev–Trinajstić information content (AvgIpc) is 2.25. The van der Waals surface area contributed by atoms with E-state index in [0.717, 1.165) is 25.7 Å². The Morgan fingerprint density at radius 3 is 2.44 bits per heavy atom. The van der Waals surface area contributed by atoms with Crippen LogP contribution in [0.2, 0.25) is 0 Å². The Labute approximate surface area is 109 Å². The van der Waals surface area contributed by atoms with Gasteiger partial charge < -0.3 is 9.64 Å². The lowest BCUT2D eigenvalue weighted by Crippen LogP contribution is -2.34. The quantitative estimate of drug-likeness (QED) is 0.301. The molecule has 0 saturated carbocycles. The van der Waals surface area contributed by atoms with E-state index in [1.165, 1.54) is 0 Å². The van der Waals surface area contributed by atoms with Crippen molar-refractivity contribution in [2.45, 2.75) is 52.1 Å². The van der Waals surface area contributed by atoms with Gasteiger partial charge in [-0.2, -0.15) is 0 Å². The number of carbonyl (C=O) groups excluding carboxylic acids is 1. The van der Waals surface area contributed by atoms with E-state index in [-0.39, 0.29) is 6.09 Å². The summed E-state index contributed by atoms with van der Waals surface area (Å²) < 4.78 is 5.24. The molecule has 0 aromatic rings. The molecule has 0 unspecified atom stereocenters. The summed E-state index contributed by atoms with van der Waals surface area (Å²) in [5.74, 6) is 0. The normalized spacial score (nSPS) is 10.7. The van der Waals surface area contributed by atoms with Crippen LogP contribution < -0.4 is 0 Å². The average molecular weight is 256 g/mol. The molecule has 0 aliphatic heterocycles. The van der Waals surface area contributed by atoms with Crippen molar-refractivity contribution in [1.29, 1.82) is 0 Å². The van der Waals surface area contributed by atoms with Crippen LogP contribution in [0.25, 0.3) is 10.4 Å². The van der Waals surface area contributed by atoms with Crippen LogP contribution in [0.4, 0.5) is 4.79 Å². The number of nitrogens with zero attached hydrogens (tertiary/aromatic N) is 4. The monoisotopic (exact) mass is 256 g/mol. The molecule has 0 rings (SSSR count). The zero-order valence-corrected chi connectivity index (χ0v) is 11.8. The van der Waals surface area contributed by atoms with E-state index in [1.54, 1.807) is 11.9 Å². The van der Waals surface area contributed by atoms with Gasteiger partial charge in [0, 0.05) is 25.0 Å². The molecule has 104 valence electrons. The van der Waals surface area contributed by atoms with Gasteiger partial charge >= 0.3 is 6.09 Å². The first-order valence-corrected chi connectivity index (χ1v) is 6.32. The molecule has 0 fully saturated rings. The Kier molecular flexibility index (Phi) is 7.96. The lowest BCUT2D eigenvalue weighted by Gasteiger charge is -2.24. The van der Waals surface area contributed by atoms with Crippen LogP contribution in [-0.4, -0.2) is 36.7 Å². The third-order valence-corrected chi connectivity index (χ3v) is 2.27. The minimum absolute atomic E-state index is 0.281. The molecule has 6 heteroatoms. The SMILES string of the molecule is CN(CCCCCCN=[N+]=[N-])C(=O)OC(C)(C)C. The summed E-state index contributed by atoms with van der Waals surface area (Å²) in [5, 5.41) is 3.47.